The van der Waals surface area contributed by atoms with Gasteiger partial charge in [-0.05, 0) is 41.0 Å². The first-order chi connectivity index (χ1) is 7.13. The van der Waals surface area contributed by atoms with Gasteiger partial charge in [0.2, 0.25) is 5.91 Å². The van der Waals surface area contributed by atoms with Crippen molar-refractivity contribution in [2.75, 3.05) is 17.3 Å². The van der Waals surface area contributed by atoms with Crippen LogP contribution in [0.5, 0.6) is 0 Å². The summed E-state index contributed by atoms with van der Waals surface area (Å²) >= 11 is 3.85. The fraction of sp³-hybridized carbons (Fsp3) is 0.400. The van der Waals surface area contributed by atoms with Crippen LogP contribution in [0.25, 0.3) is 0 Å². The standard InChI is InChI=1S/C10H13IN2OS/c1-7(6-15-2)10(14)13-9-4-3-8(11)5-12-9/h3-5,7H,6H2,1-2H3,(H,12,13,14). The molecule has 1 unspecified atom stereocenters. The number of carbonyl (C=O) groups excluding carboxylic acids is 1. The van der Waals surface area contributed by atoms with Gasteiger partial charge in [0.25, 0.3) is 0 Å². The lowest BCUT2D eigenvalue weighted by Crippen LogP contribution is -2.22. The summed E-state index contributed by atoms with van der Waals surface area (Å²) in [5.74, 6) is 1.49. The van der Waals surface area contributed by atoms with Crippen LogP contribution < -0.4 is 5.32 Å². The van der Waals surface area contributed by atoms with Crippen molar-refractivity contribution in [1.29, 1.82) is 0 Å². The SMILES string of the molecule is CSCC(C)C(=O)Nc1ccc(I)cn1. The Morgan fingerprint density at radius 2 is 2.40 bits per heavy atom. The van der Waals surface area contributed by atoms with Crippen molar-refractivity contribution in [3.8, 4) is 0 Å². The Morgan fingerprint density at radius 1 is 1.67 bits per heavy atom. The van der Waals surface area contributed by atoms with Crippen LogP contribution in [0.2, 0.25) is 0 Å². The molecule has 1 heterocycles. The maximum Gasteiger partial charge on any atom is 0.229 e. The highest BCUT2D eigenvalue weighted by molar-refractivity contribution is 14.1. The van der Waals surface area contributed by atoms with Crippen LogP contribution >= 0.6 is 34.4 Å². The van der Waals surface area contributed by atoms with E-state index in [4.69, 9.17) is 0 Å². The van der Waals surface area contributed by atoms with Gasteiger partial charge in [-0.25, -0.2) is 4.98 Å². The summed E-state index contributed by atoms with van der Waals surface area (Å²) in [5.41, 5.74) is 0. The van der Waals surface area contributed by atoms with Crippen LogP contribution in [-0.2, 0) is 4.79 Å². The average Bonchev–Trinajstić information content (AvgIpc) is 2.22. The topological polar surface area (TPSA) is 42.0 Å². The van der Waals surface area contributed by atoms with Crippen molar-refractivity contribution >= 4 is 46.1 Å². The first-order valence-electron chi connectivity index (χ1n) is 4.55. The molecule has 1 amide bonds. The number of hydrogen-bond acceptors (Lipinski definition) is 3. The van der Waals surface area contributed by atoms with Gasteiger partial charge in [0.05, 0.1) is 0 Å². The molecular weight excluding hydrogens is 323 g/mol. The molecule has 0 aliphatic rings. The van der Waals surface area contributed by atoms with E-state index in [9.17, 15) is 4.79 Å². The number of nitrogens with zero attached hydrogens (tertiary/aromatic N) is 1. The van der Waals surface area contributed by atoms with Crippen LogP contribution in [0, 0.1) is 9.49 Å². The zero-order valence-electron chi connectivity index (χ0n) is 8.66. The summed E-state index contributed by atoms with van der Waals surface area (Å²) in [7, 11) is 0. The number of hydrogen-bond donors (Lipinski definition) is 1. The van der Waals surface area contributed by atoms with Gasteiger partial charge in [-0.1, -0.05) is 6.92 Å². The monoisotopic (exact) mass is 336 g/mol. The molecule has 1 aromatic heterocycles. The van der Waals surface area contributed by atoms with E-state index in [1.54, 1.807) is 18.0 Å². The van der Waals surface area contributed by atoms with Gasteiger partial charge in [0.1, 0.15) is 5.82 Å². The Labute approximate surface area is 108 Å². The third-order valence-electron chi connectivity index (χ3n) is 1.84. The molecule has 0 spiro atoms. The first-order valence-corrected chi connectivity index (χ1v) is 7.02. The van der Waals surface area contributed by atoms with E-state index < -0.39 is 0 Å². The molecule has 0 radical (unpaired) electrons. The molecule has 1 atom stereocenters. The quantitative estimate of drug-likeness (QED) is 0.860. The molecule has 1 aromatic rings. The average molecular weight is 336 g/mol. The van der Waals surface area contributed by atoms with Crippen LogP contribution in [0.15, 0.2) is 18.3 Å². The van der Waals surface area contributed by atoms with Crippen molar-refractivity contribution in [3.05, 3.63) is 21.9 Å². The number of anilines is 1. The summed E-state index contributed by atoms with van der Waals surface area (Å²) in [6.45, 7) is 1.92. The molecule has 0 fully saturated rings. The number of carbonyl (C=O) groups is 1. The van der Waals surface area contributed by atoms with Gasteiger partial charge < -0.3 is 5.32 Å². The Kier molecular flexibility index (Phi) is 5.38. The van der Waals surface area contributed by atoms with Gasteiger partial charge in [-0.15, -0.1) is 0 Å². The first kappa shape index (κ1) is 12.8. The number of halogens is 1. The van der Waals surface area contributed by atoms with Crippen LogP contribution in [0.1, 0.15) is 6.92 Å². The largest absolute Gasteiger partial charge is 0.310 e. The van der Waals surface area contributed by atoms with E-state index >= 15 is 0 Å². The van der Waals surface area contributed by atoms with Crippen LogP contribution in [0.4, 0.5) is 5.82 Å². The lowest BCUT2D eigenvalue weighted by molar-refractivity contribution is -0.118. The molecule has 15 heavy (non-hydrogen) atoms. The van der Waals surface area contributed by atoms with Crippen molar-refractivity contribution in [1.82, 2.24) is 4.98 Å². The second kappa shape index (κ2) is 6.32. The summed E-state index contributed by atoms with van der Waals surface area (Å²) in [6, 6.07) is 3.73. The molecule has 3 nitrogen and oxygen atoms in total. The molecule has 0 saturated heterocycles. The van der Waals surface area contributed by atoms with Crippen molar-refractivity contribution < 1.29 is 4.79 Å². The minimum atomic E-state index is 0.0149. The van der Waals surface area contributed by atoms with Gasteiger partial charge >= 0.3 is 0 Å². The summed E-state index contributed by atoms with van der Waals surface area (Å²) in [5, 5.41) is 2.79. The van der Waals surface area contributed by atoms with E-state index in [2.05, 4.69) is 32.9 Å². The number of thioether (sulfide) groups is 1. The molecule has 5 heteroatoms. The van der Waals surface area contributed by atoms with Crippen molar-refractivity contribution in [2.45, 2.75) is 6.92 Å². The third-order valence-corrected chi connectivity index (χ3v) is 3.31. The van der Waals surface area contributed by atoms with E-state index in [0.29, 0.717) is 5.82 Å². The normalized spacial score (nSPS) is 12.2. The lowest BCUT2D eigenvalue weighted by atomic mass is 10.2. The number of pyridine rings is 1. The number of rotatable bonds is 4. The van der Waals surface area contributed by atoms with Crippen LogP contribution in [0.3, 0.4) is 0 Å². The molecule has 0 aliphatic carbocycles. The Hall–Kier alpha value is -0.300. The van der Waals surface area contributed by atoms with Gasteiger partial charge in [0, 0.05) is 21.4 Å². The molecule has 0 aliphatic heterocycles. The predicted octanol–water partition coefficient (Wildman–Crippen LogP) is 2.62. The maximum absolute atomic E-state index is 11.6. The number of nitrogens with one attached hydrogen (secondary N) is 1. The molecule has 0 saturated carbocycles. The molecule has 1 rings (SSSR count). The Morgan fingerprint density at radius 3 is 2.93 bits per heavy atom. The lowest BCUT2D eigenvalue weighted by Gasteiger charge is -2.09. The number of aromatic nitrogens is 1. The summed E-state index contributed by atoms with van der Waals surface area (Å²) < 4.78 is 1.06. The molecular formula is C10H13IN2OS. The highest BCUT2D eigenvalue weighted by Gasteiger charge is 2.12. The number of amides is 1. The molecule has 0 aromatic carbocycles. The van der Waals surface area contributed by atoms with Crippen LogP contribution in [-0.4, -0.2) is 22.9 Å². The third kappa shape index (κ3) is 4.38. The molecule has 82 valence electrons. The fourth-order valence-electron chi connectivity index (χ4n) is 1.02. The van der Waals surface area contributed by atoms with Gasteiger partial charge in [-0.2, -0.15) is 11.8 Å². The minimum absolute atomic E-state index is 0.0149. The van der Waals surface area contributed by atoms with Crippen molar-refractivity contribution in [3.63, 3.8) is 0 Å². The highest BCUT2D eigenvalue weighted by Crippen LogP contribution is 2.10. The molecule has 1 N–H and O–H groups in total. The zero-order chi connectivity index (χ0) is 11.3. The smallest absolute Gasteiger partial charge is 0.229 e. The highest BCUT2D eigenvalue weighted by atomic mass is 127. The van der Waals surface area contributed by atoms with Gasteiger partial charge in [-0.3, -0.25) is 4.79 Å². The fourth-order valence-corrected chi connectivity index (χ4v) is 2.00. The Balaban J connectivity index is 2.54. The molecule has 0 bridgehead atoms. The van der Waals surface area contributed by atoms with Gasteiger partial charge in [0.15, 0.2) is 0 Å². The maximum atomic E-state index is 11.6. The van der Waals surface area contributed by atoms with E-state index in [1.807, 2.05) is 25.3 Å². The Bertz CT molecular complexity index is 329. The van der Waals surface area contributed by atoms with Crippen molar-refractivity contribution in [2.24, 2.45) is 5.92 Å². The van der Waals surface area contributed by atoms with E-state index in [0.717, 1.165) is 9.32 Å². The predicted molar refractivity (Wildman–Crippen MR) is 73.1 cm³/mol. The van der Waals surface area contributed by atoms with E-state index in [1.165, 1.54) is 0 Å². The van der Waals surface area contributed by atoms with E-state index in [-0.39, 0.29) is 11.8 Å². The second-order valence-electron chi connectivity index (χ2n) is 3.21. The zero-order valence-corrected chi connectivity index (χ0v) is 11.6. The second-order valence-corrected chi connectivity index (χ2v) is 5.36. The summed E-state index contributed by atoms with van der Waals surface area (Å²) in [6.07, 6.45) is 3.72. The minimum Gasteiger partial charge on any atom is -0.310 e. The summed E-state index contributed by atoms with van der Waals surface area (Å²) in [4.78, 5) is 15.7.